The highest BCUT2D eigenvalue weighted by molar-refractivity contribution is 7.99. The van der Waals surface area contributed by atoms with Gasteiger partial charge in [-0.15, -0.1) is 16.9 Å². The van der Waals surface area contributed by atoms with Gasteiger partial charge in [0.15, 0.2) is 5.69 Å². The number of anilines is 2. The minimum Gasteiger partial charge on any atom is -0.506 e. The fourth-order valence-corrected chi connectivity index (χ4v) is 7.97. The average Bonchev–Trinajstić information content (AvgIpc) is 3.17. The third-order valence-electron chi connectivity index (χ3n) is 8.48. The van der Waals surface area contributed by atoms with Crippen molar-refractivity contribution in [1.29, 1.82) is 0 Å². The number of carbonyl (C=O) groups is 1. The number of piperazine rings is 1. The fourth-order valence-electron chi connectivity index (χ4n) is 6.00. The first-order valence-electron chi connectivity index (χ1n) is 17.1. The first-order chi connectivity index (χ1) is 26.1. The largest absolute Gasteiger partial charge is 0.506 e. The molecule has 0 bridgehead atoms. The van der Waals surface area contributed by atoms with Crippen LogP contribution in [0.3, 0.4) is 0 Å². The smallest absolute Gasteiger partial charge is 0.293 e. The lowest BCUT2D eigenvalue weighted by Gasteiger charge is -2.37. The summed E-state index contributed by atoms with van der Waals surface area (Å²) in [5, 5.41) is 32.8. The molecule has 0 unspecified atom stereocenters. The van der Waals surface area contributed by atoms with Gasteiger partial charge in [0.25, 0.3) is 21.6 Å². The number of pyridine rings is 1. The number of ether oxygens (including phenoxy) is 1. The third-order valence-corrected chi connectivity index (χ3v) is 10.9. The highest BCUT2D eigenvalue weighted by Gasteiger charge is 2.31. The summed E-state index contributed by atoms with van der Waals surface area (Å²) in [6.07, 6.45) is 4.38. The number of thioether (sulfide) groups is 1. The van der Waals surface area contributed by atoms with Gasteiger partial charge in [0.2, 0.25) is 0 Å². The molecular formula is C37H38N8O7S2. The number of aromatic hydroxyl groups is 1. The van der Waals surface area contributed by atoms with E-state index < -0.39 is 31.4 Å². The predicted molar refractivity (Wildman–Crippen MR) is 205 cm³/mol. The maximum absolute atomic E-state index is 13.8. The monoisotopic (exact) mass is 770 g/mol. The zero-order chi connectivity index (χ0) is 38.1. The molecule has 5 aromatic rings. The minimum atomic E-state index is -4.62. The maximum Gasteiger partial charge on any atom is 0.293 e. The summed E-state index contributed by atoms with van der Waals surface area (Å²) in [4.78, 5) is 33.4. The molecule has 1 amide bonds. The molecule has 17 heteroatoms. The Labute approximate surface area is 316 Å². The molecule has 3 heterocycles. The Morgan fingerprint density at radius 3 is 2.50 bits per heavy atom. The van der Waals surface area contributed by atoms with Crippen LogP contribution in [0.2, 0.25) is 0 Å². The van der Waals surface area contributed by atoms with Crippen LogP contribution < -0.4 is 19.7 Å². The van der Waals surface area contributed by atoms with Gasteiger partial charge < -0.3 is 20.1 Å². The van der Waals surface area contributed by atoms with E-state index in [-0.39, 0.29) is 22.8 Å². The normalized spacial score (nSPS) is 13.3. The molecule has 0 radical (unpaired) electrons. The Kier molecular flexibility index (Phi) is 12.2. The molecule has 0 atom stereocenters. The van der Waals surface area contributed by atoms with Gasteiger partial charge in [-0.2, -0.15) is 5.10 Å². The van der Waals surface area contributed by atoms with Gasteiger partial charge in [0.05, 0.1) is 23.4 Å². The molecule has 1 aliphatic rings. The number of nitrogens with zero attached hydrogens (tertiary/aromatic N) is 6. The number of carbonyl (C=O) groups excluding carboxylic acids is 1. The van der Waals surface area contributed by atoms with Crippen molar-refractivity contribution in [3.63, 3.8) is 0 Å². The van der Waals surface area contributed by atoms with E-state index in [0.29, 0.717) is 57.4 Å². The number of nitro groups is 1. The van der Waals surface area contributed by atoms with Crippen molar-refractivity contribution >= 4 is 44.8 Å². The second kappa shape index (κ2) is 17.4. The number of sulfonamides is 1. The Morgan fingerprint density at radius 1 is 1.00 bits per heavy atom. The number of benzene rings is 3. The number of amides is 1. The van der Waals surface area contributed by atoms with E-state index in [4.69, 9.17) is 4.74 Å². The molecule has 1 aliphatic heterocycles. The quantitative estimate of drug-likeness (QED) is 0.0545. The van der Waals surface area contributed by atoms with E-state index in [1.807, 2.05) is 65.1 Å². The molecular weight excluding hydrogens is 733 g/mol. The summed E-state index contributed by atoms with van der Waals surface area (Å²) in [5.41, 5.74) is 2.26. The van der Waals surface area contributed by atoms with Crippen molar-refractivity contribution in [2.75, 3.05) is 55.3 Å². The lowest BCUT2D eigenvalue weighted by molar-refractivity contribution is -0.384. The number of hydrogen-bond acceptors (Lipinski definition) is 14. The van der Waals surface area contributed by atoms with Crippen LogP contribution in [0.15, 0.2) is 107 Å². The van der Waals surface area contributed by atoms with E-state index in [1.165, 1.54) is 30.6 Å². The standard InChI is InChI=1S/C37H38N8O7S2/c1-2-52-30-18-26(17-27(20-30)28-19-29(46)24-38-23-28)25-43-12-14-44(15-13-43)35-21-33(39-11-16-53-31-7-4-3-5-8-31)34(45(48)49)22-36(35)54(50,51)42-37(47)32-9-6-10-40-41-32/h3-10,17-24,39,46H,2,11-16,25H2,1H3,(H,42,47). The maximum atomic E-state index is 13.8. The van der Waals surface area contributed by atoms with Crippen LogP contribution in [0.25, 0.3) is 11.1 Å². The number of hydrogen-bond donors (Lipinski definition) is 3. The van der Waals surface area contributed by atoms with Crippen molar-refractivity contribution in [3.8, 4) is 22.6 Å². The Balaban J connectivity index is 1.25. The summed E-state index contributed by atoms with van der Waals surface area (Å²) in [6.45, 7) is 5.13. The van der Waals surface area contributed by atoms with Gasteiger partial charge in [0, 0.05) is 73.9 Å². The second-order valence-corrected chi connectivity index (χ2v) is 15.0. The second-order valence-electron chi connectivity index (χ2n) is 12.2. The van der Waals surface area contributed by atoms with Gasteiger partial charge >= 0.3 is 0 Å². The van der Waals surface area contributed by atoms with Gasteiger partial charge in [-0.25, -0.2) is 13.1 Å². The van der Waals surface area contributed by atoms with Gasteiger partial charge in [-0.3, -0.25) is 24.8 Å². The lowest BCUT2D eigenvalue weighted by Crippen LogP contribution is -2.46. The van der Waals surface area contributed by atoms with Crippen LogP contribution >= 0.6 is 11.8 Å². The first-order valence-corrected chi connectivity index (χ1v) is 19.5. The zero-order valence-corrected chi connectivity index (χ0v) is 30.9. The van der Waals surface area contributed by atoms with Gasteiger partial charge in [0.1, 0.15) is 22.1 Å². The van der Waals surface area contributed by atoms with Gasteiger partial charge in [-0.05, 0) is 72.6 Å². The van der Waals surface area contributed by atoms with Crippen LogP contribution in [-0.4, -0.2) is 89.5 Å². The molecule has 15 nitrogen and oxygen atoms in total. The summed E-state index contributed by atoms with van der Waals surface area (Å²) >= 11 is 1.58. The predicted octanol–water partition coefficient (Wildman–Crippen LogP) is 5.20. The molecule has 54 heavy (non-hydrogen) atoms. The van der Waals surface area contributed by atoms with Crippen molar-refractivity contribution in [2.24, 2.45) is 0 Å². The van der Waals surface area contributed by atoms with Crippen LogP contribution in [0.4, 0.5) is 17.1 Å². The van der Waals surface area contributed by atoms with E-state index in [0.717, 1.165) is 27.7 Å². The highest BCUT2D eigenvalue weighted by Crippen LogP contribution is 2.37. The molecule has 6 rings (SSSR count). The number of nitro benzene ring substituents is 1. The van der Waals surface area contributed by atoms with Crippen molar-refractivity contribution in [1.82, 2.24) is 24.8 Å². The molecule has 1 fully saturated rings. The number of nitrogens with one attached hydrogen (secondary N) is 2. The van der Waals surface area contributed by atoms with Crippen molar-refractivity contribution < 1.29 is 28.0 Å². The number of rotatable bonds is 15. The Hall–Kier alpha value is -5.78. The van der Waals surface area contributed by atoms with Crippen molar-refractivity contribution in [3.05, 3.63) is 119 Å². The minimum absolute atomic E-state index is 0.0531. The highest BCUT2D eigenvalue weighted by atomic mass is 32.2. The Morgan fingerprint density at radius 2 is 1.80 bits per heavy atom. The van der Waals surface area contributed by atoms with E-state index in [1.54, 1.807) is 24.0 Å². The molecule has 280 valence electrons. The van der Waals surface area contributed by atoms with E-state index in [2.05, 4.69) is 25.4 Å². The summed E-state index contributed by atoms with van der Waals surface area (Å²) in [5.74, 6) is 0.310. The topological polar surface area (TPSA) is 193 Å². The molecule has 1 saturated heterocycles. The fraction of sp³-hybridized carbons (Fsp3) is 0.243. The van der Waals surface area contributed by atoms with E-state index >= 15 is 0 Å². The summed E-state index contributed by atoms with van der Waals surface area (Å²) < 4.78 is 35.6. The molecule has 0 saturated carbocycles. The summed E-state index contributed by atoms with van der Waals surface area (Å²) in [6, 6.07) is 22.5. The third kappa shape index (κ3) is 9.60. The van der Waals surface area contributed by atoms with Gasteiger partial charge in [-0.1, -0.05) is 18.2 Å². The lowest BCUT2D eigenvalue weighted by atomic mass is 10.0. The van der Waals surface area contributed by atoms with Crippen LogP contribution in [0.1, 0.15) is 23.0 Å². The molecule has 2 aromatic heterocycles. The Bertz CT molecular complexity index is 2210. The van der Waals surface area contributed by atoms with Crippen LogP contribution in [0, 0.1) is 10.1 Å². The average molecular weight is 771 g/mol. The zero-order valence-electron chi connectivity index (χ0n) is 29.3. The summed E-state index contributed by atoms with van der Waals surface area (Å²) in [7, 11) is -4.62. The van der Waals surface area contributed by atoms with Crippen molar-refractivity contribution in [2.45, 2.75) is 23.3 Å². The molecule has 3 N–H and O–H groups in total. The number of aromatic nitrogens is 3. The van der Waals surface area contributed by atoms with E-state index in [9.17, 15) is 28.4 Å². The molecule has 0 aliphatic carbocycles. The molecule has 3 aromatic carbocycles. The SMILES string of the molecule is CCOc1cc(CN2CCN(c3cc(NCCSc4ccccc4)c([N+](=O)[O-])cc3S(=O)(=O)NC(=O)c3cccnn3)CC2)cc(-c2cncc(O)c2)c1. The molecule has 0 spiro atoms. The van der Waals surface area contributed by atoms with Crippen LogP contribution in [0.5, 0.6) is 11.5 Å². The first kappa shape index (κ1) is 38.0. The van der Waals surface area contributed by atoms with Crippen LogP contribution in [-0.2, 0) is 16.6 Å².